The van der Waals surface area contributed by atoms with Gasteiger partial charge in [-0.25, -0.2) is 9.97 Å². The Morgan fingerprint density at radius 1 is 1.31 bits per heavy atom. The van der Waals surface area contributed by atoms with Gasteiger partial charge < -0.3 is 14.8 Å². The molecule has 1 amide bonds. The van der Waals surface area contributed by atoms with Gasteiger partial charge in [-0.05, 0) is 18.9 Å². The highest BCUT2D eigenvalue weighted by Crippen LogP contribution is 2.45. The lowest BCUT2D eigenvalue weighted by molar-refractivity contribution is -0.135. The minimum atomic E-state index is -0.0696. The summed E-state index contributed by atoms with van der Waals surface area (Å²) in [5.74, 6) is 1.06. The number of piperazine rings is 1. The van der Waals surface area contributed by atoms with E-state index in [1.54, 1.807) is 23.4 Å². The normalized spacial score (nSPS) is 18.7. The van der Waals surface area contributed by atoms with Gasteiger partial charge in [0.05, 0.1) is 17.1 Å². The van der Waals surface area contributed by atoms with E-state index in [0.29, 0.717) is 6.54 Å². The number of aromatic amines is 1. The van der Waals surface area contributed by atoms with Crippen molar-refractivity contribution in [2.45, 2.75) is 29.8 Å². The molecule has 0 aromatic carbocycles. The summed E-state index contributed by atoms with van der Waals surface area (Å²) in [6, 6.07) is 2.01. The van der Waals surface area contributed by atoms with E-state index >= 15 is 0 Å². The Morgan fingerprint density at radius 2 is 2.19 bits per heavy atom. The van der Waals surface area contributed by atoms with Gasteiger partial charge in [-0.2, -0.15) is 5.10 Å². The van der Waals surface area contributed by atoms with Crippen molar-refractivity contribution in [2.75, 3.05) is 24.5 Å². The van der Waals surface area contributed by atoms with Gasteiger partial charge in [-0.1, -0.05) is 0 Å². The van der Waals surface area contributed by atoms with Crippen molar-refractivity contribution in [3.05, 3.63) is 31.0 Å². The Hall–Kier alpha value is -2.55. The first kappa shape index (κ1) is 15.7. The largest absolute Gasteiger partial charge is 0.352 e. The van der Waals surface area contributed by atoms with E-state index < -0.39 is 0 Å². The third-order valence-corrected chi connectivity index (χ3v) is 5.56. The van der Waals surface area contributed by atoms with Crippen molar-refractivity contribution >= 4 is 35.4 Å². The van der Waals surface area contributed by atoms with E-state index in [1.807, 2.05) is 17.2 Å². The quantitative estimate of drug-likeness (QED) is 0.681. The fraction of sp³-hybridized carbons (Fsp3) is 0.412. The summed E-state index contributed by atoms with van der Waals surface area (Å²) in [5, 5.41) is 5.20. The van der Waals surface area contributed by atoms with Gasteiger partial charge in [0.1, 0.15) is 24.3 Å². The van der Waals surface area contributed by atoms with Gasteiger partial charge >= 0.3 is 0 Å². The number of thiol groups is 1. The standard InChI is InChI=1S/C17H19N7OS/c25-14(9-23-8-12(26)7-21-23)24-6-5-22(10-17(24)2-3-17)16-13-1-4-18-15(13)19-11-20-16/h1,4,7-8,11,26H,2-3,5-6,9-10H2,(H,18,19,20). The first-order valence-electron chi connectivity index (χ1n) is 8.70. The van der Waals surface area contributed by atoms with Crippen molar-refractivity contribution in [3.63, 3.8) is 0 Å². The number of fused-ring (bicyclic) bond motifs is 1. The number of amides is 1. The van der Waals surface area contributed by atoms with Gasteiger partial charge in [-0.3, -0.25) is 9.48 Å². The summed E-state index contributed by atoms with van der Waals surface area (Å²) >= 11 is 4.25. The Bertz CT molecular complexity index is 976. The summed E-state index contributed by atoms with van der Waals surface area (Å²) in [6.45, 7) is 2.54. The van der Waals surface area contributed by atoms with E-state index in [2.05, 4.69) is 37.6 Å². The molecule has 26 heavy (non-hydrogen) atoms. The van der Waals surface area contributed by atoms with Crippen LogP contribution < -0.4 is 4.90 Å². The lowest BCUT2D eigenvalue weighted by Crippen LogP contribution is -2.58. The molecule has 5 rings (SSSR count). The predicted octanol–water partition coefficient (Wildman–Crippen LogP) is 1.32. The number of aromatic nitrogens is 5. The molecule has 1 spiro atoms. The Labute approximate surface area is 155 Å². The number of nitrogens with one attached hydrogen (secondary N) is 1. The molecule has 2 fully saturated rings. The second kappa shape index (κ2) is 5.73. The van der Waals surface area contributed by atoms with Crippen LogP contribution in [0.3, 0.4) is 0 Å². The van der Waals surface area contributed by atoms with Crippen molar-refractivity contribution < 1.29 is 4.79 Å². The van der Waals surface area contributed by atoms with E-state index in [0.717, 1.165) is 47.7 Å². The number of hydrogen-bond donors (Lipinski definition) is 2. The van der Waals surface area contributed by atoms with Crippen LogP contribution in [0, 0.1) is 0 Å². The molecule has 1 saturated heterocycles. The van der Waals surface area contributed by atoms with Crippen molar-refractivity contribution in [2.24, 2.45) is 0 Å². The van der Waals surface area contributed by atoms with Crippen LogP contribution in [0.1, 0.15) is 12.8 Å². The maximum Gasteiger partial charge on any atom is 0.244 e. The van der Waals surface area contributed by atoms with Gasteiger partial charge in [0.2, 0.25) is 5.91 Å². The Kier molecular flexibility index (Phi) is 3.46. The fourth-order valence-electron chi connectivity index (χ4n) is 3.89. The first-order valence-corrected chi connectivity index (χ1v) is 9.14. The molecule has 0 atom stereocenters. The minimum Gasteiger partial charge on any atom is -0.352 e. The molecular formula is C17H19N7OS. The van der Waals surface area contributed by atoms with Crippen LogP contribution >= 0.6 is 12.6 Å². The molecule has 0 unspecified atom stereocenters. The van der Waals surface area contributed by atoms with Gasteiger partial charge in [0.25, 0.3) is 0 Å². The summed E-state index contributed by atoms with van der Waals surface area (Å²) in [5.41, 5.74) is 0.777. The third-order valence-electron chi connectivity index (χ3n) is 5.33. The van der Waals surface area contributed by atoms with Crippen LogP contribution in [0.25, 0.3) is 11.0 Å². The molecule has 3 aromatic rings. The Balaban J connectivity index is 1.36. The molecule has 3 aromatic heterocycles. The smallest absolute Gasteiger partial charge is 0.244 e. The summed E-state index contributed by atoms with van der Waals surface area (Å²) in [6.07, 6.45) is 8.98. The molecule has 8 nitrogen and oxygen atoms in total. The van der Waals surface area contributed by atoms with Crippen molar-refractivity contribution in [3.8, 4) is 0 Å². The minimum absolute atomic E-state index is 0.0696. The molecule has 1 saturated carbocycles. The monoisotopic (exact) mass is 369 g/mol. The lowest BCUT2D eigenvalue weighted by Gasteiger charge is -2.42. The molecule has 9 heteroatoms. The number of hydrogen-bond acceptors (Lipinski definition) is 6. The highest BCUT2D eigenvalue weighted by molar-refractivity contribution is 7.80. The summed E-state index contributed by atoms with van der Waals surface area (Å²) < 4.78 is 1.65. The molecule has 0 bridgehead atoms. The number of nitrogens with zero attached hydrogens (tertiary/aromatic N) is 6. The van der Waals surface area contributed by atoms with Crippen LogP contribution in [0.2, 0.25) is 0 Å². The SMILES string of the molecule is O=C(Cn1cc(S)cn1)N1CCN(c2ncnc3[nH]ccc23)CC12CC2. The van der Waals surface area contributed by atoms with Crippen molar-refractivity contribution in [1.29, 1.82) is 0 Å². The van der Waals surface area contributed by atoms with Gasteiger partial charge in [-0.15, -0.1) is 12.6 Å². The van der Waals surface area contributed by atoms with Gasteiger partial charge in [0.15, 0.2) is 0 Å². The molecule has 1 aliphatic carbocycles. The number of rotatable bonds is 3. The highest BCUT2D eigenvalue weighted by atomic mass is 32.1. The zero-order valence-electron chi connectivity index (χ0n) is 14.2. The van der Waals surface area contributed by atoms with Crippen LogP contribution in [-0.2, 0) is 11.3 Å². The second-order valence-electron chi connectivity index (χ2n) is 7.02. The third kappa shape index (κ3) is 2.54. The van der Waals surface area contributed by atoms with Crippen molar-refractivity contribution in [1.82, 2.24) is 29.6 Å². The summed E-state index contributed by atoms with van der Waals surface area (Å²) in [7, 11) is 0. The van der Waals surface area contributed by atoms with Crippen LogP contribution in [0.4, 0.5) is 5.82 Å². The molecular weight excluding hydrogens is 350 g/mol. The average Bonchev–Trinajstić information content (AvgIpc) is 3.05. The number of carbonyl (C=O) groups excluding carboxylic acids is 1. The first-order chi connectivity index (χ1) is 12.6. The number of anilines is 1. The predicted molar refractivity (Wildman–Crippen MR) is 99.3 cm³/mol. The van der Waals surface area contributed by atoms with E-state index in [1.165, 1.54) is 0 Å². The topological polar surface area (TPSA) is 82.9 Å². The zero-order valence-corrected chi connectivity index (χ0v) is 15.1. The van der Waals surface area contributed by atoms with E-state index in [4.69, 9.17) is 0 Å². The maximum absolute atomic E-state index is 12.8. The molecule has 0 radical (unpaired) electrons. The van der Waals surface area contributed by atoms with Gasteiger partial charge in [0, 0.05) is 36.9 Å². The van der Waals surface area contributed by atoms with E-state index in [9.17, 15) is 4.79 Å². The molecule has 134 valence electrons. The summed E-state index contributed by atoms with van der Waals surface area (Å²) in [4.78, 5) is 29.8. The highest BCUT2D eigenvalue weighted by Gasteiger charge is 2.53. The molecule has 1 N–H and O–H groups in total. The number of carbonyl (C=O) groups is 1. The average molecular weight is 369 g/mol. The van der Waals surface area contributed by atoms with Crippen LogP contribution in [0.15, 0.2) is 35.9 Å². The lowest BCUT2D eigenvalue weighted by atomic mass is 10.1. The fourth-order valence-corrected chi connectivity index (χ4v) is 4.08. The Morgan fingerprint density at radius 3 is 2.96 bits per heavy atom. The zero-order chi connectivity index (χ0) is 17.7. The molecule has 4 heterocycles. The van der Waals surface area contributed by atoms with E-state index in [-0.39, 0.29) is 18.0 Å². The number of H-pyrrole nitrogens is 1. The second-order valence-corrected chi connectivity index (χ2v) is 7.54. The van der Waals surface area contributed by atoms with Crippen LogP contribution in [-0.4, -0.2) is 60.7 Å². The maximum atomic E-state index is 12.8. The van der Waals surface area contributed by atoms with Crippen LogP contribution in [0.5, 0.6) is 0 Å². The molecule has 1 aliphatic heterocycles. The molecule has 2 aliphatic rings.